The van der Waals surface area contributed by atoms with E-state index in [2.05, 4.69) is 39.8 Å². The zero-order chi connectivity index (χ0) is 46.0. The van der Waals surface area contributed by atoms with Crippen LogP contribution in [-0.4, -0.2) is 128 Å². The zero-order valence-corrected chi connectivity index (χ0v) is 36.8. The maximum absolute atomic E-state index is 15.9. The number of nitrogens with zero attached hydrogens (tertiary/aromatic N) is 9. The maximum Gasteiger partial charge on any atom is 0.319 e. The number of imidazole rings is 1. The second kappa shape index (κ2) is 18.5. The van der Waals surface area contributed by atoms with Crippen LogP contribution in [0.5, 0.6) is 0 Å². The van der Waals surface area contributed by atoms with Gasteiger partial charge in [0.15, 0.2) is 17.5 Å². The summed E-state index contributed by atoms with van der Waals surface area (Å²) in [5.41, 5.74) is 1.49. The SMILES string of the molecule is Cc1ccc(NC(=O)NCCn2cc(-c3ccc(-c4cnc(C(=O)N(C(=O)[O-])c5ccc(C(=O)N6CCN(C(=O)C7CC[N+](C)(C)CC7)CC6)c(Cl)c5)n4C)c(F)c3F)c(C)n2)cn1. The van der Waals surface area contributed by atoms with Crippen LogP contribution >= 0.6 is 11.6 Å². The highest BCUT2D eigenvalue weighted by Gasteiger charge is 2.35. The first kappa shape index (κ1) is 45.3. The Bertz CT molecular complexity index is 2610. The fourth-order valence-corrected chi connectivity index (χ4v) is 8.26. The van der Waals surface area contributed by atoms with E-state index in [4.69, 9.17) is 11.6 Å². The number of pyridine rings is 1. The van der Waals surface area contributed by atoms with Crippen molar-refractivity contribution in [3.05, 3.63) is 100 Å². The lowest BCUT2D eigenvalue weighted by Crippen LogP contribution is -2.54. The Morgan fingerprint density at radius 1 is 0.891 bits per heavy atom. The van der Waals surface area contributed by atoms with Crippen molar-refractivity contribution in [1.29, 1.82) is 0 Å². The third kappa shape index (κ3) is 9.59. The number of piperazine rings is 1. The molecular formula is C44H48ClF2N11O6. The smallest absolute Gasteiger partial charge is 0.319 e. The second-order valence-corrected chi connectivity index (χ2v) is 17.0. The first-order valence-electron chi connectivity index (χ1n) is 20.7. The molecule has 2 fully saturated rings. The number of nitrogens with one attached hydrogen (secondary N) is 2. The van der Waals surface area contributed by atoms with Crippen LogP contribution in [-0.2, 0) is 18.4 Å². The van der Waals surface area contributed by atoms with Crippen molar-refractivity contribution < 1.29 is 42.3 Å². The van der Waals surface area contributed by atoms with E-state index in [-0.39, 0.29) is 76.0 Å². The number of aromatic nitrogens is 5. The number of carboxylic acid groups (broad SMARTS) is 1. The molecule has 0 saturated carbocycles. The van der Waals surface area contributed by atoms with E-state index in [1.54, 1.807) is 28.9 Å². The summed E-state index contributed by atoms with van der Waals surface area (Å²) in [6.07, 6.45) is 3.88. The molecule has 17 nitrogen and oxygen atoms in total. The minimum absolute atomic E-state index is 0.0293. The van der Waals surface area contributed by atoms with Crippen LogP contribution in [0.3, 0.4) is 0 Å². The molecule has 7 rings (SSSR count). The zero-order valence-electron chi connectivity index (χ0n) is 36.0. The maximum atomic E-state index is 15.9. The topological polar surface area (TPSA) is 191 Å². The van der Waals surface area contributed by atoms with Crippen molar-refractivity contribution in [2.24, 2.45) is 13.0 Å². The van der Waals surface area contributed by atoms with Crippen LogP contribution in [0.4, 0.5) is 29.7 Å². The van der Waals surface area contributed by atoms with E-state index in [1.807, 2.05) is 6.92 Å². The third-order valence-corrected chi connectivity index (χ3v) is 12.1. The molecule has 2 aliphatic rings. The van der Waals surface area contributed by atoms with Crippen LogP contribution in [0.1, 0.15) is 45.2 Å². The van der Waals surface area contributed by atoms with Crippen LogP contribution in [0.2, 0.25) is 5.02 Å². The van der Waals surface area contributed by atoms with Gasteiger partial charge in [0.2, 0.25) is 5.91 Å². The Morgan fingerprint density at radius 3 is 2.22 bits per heavy atom. The molecule has 3 aromatic heterocycles. The Labute approximate surface area is 372 Å². The predicted octanol–water partition coefficient (Wildman–Crippen LogP) is 4.48. The minimum atomic E-state index is -1.93. The summed E-state index contributed by atoms with van der Waals surface area (Å²) in [6.45, 7) is 7.04. The summed E-state index contributed by atoms with van der Waals surface area (Å²) in [5.74, 6) is -4.41. The molecule has 5 aromatic rings. The first-order chi connectivity index (χ1) is 30.4. The molecule has 0 radical (unpaired) electrons. The number of piperidine rings is 1. The van der Waals surface area contributed by atoms with Gasteiger partial charge in [-0.25, -0.2) is 18.6 Å². The van der Waals surface area contributed by atoms with E-state index >= 15 is 8.78 Å². The molecule has 6 amide bonds. The molecule has 336 valence electrons. The van der Waals surface area contributed by atoms with E-state index in [9.17, 15) is 29.1 Å². The summed E-state index contributed by atoms with van der Waals surface area (Å²) < 4.78 is 35.2. The second-order valence-electron chi connectivity index (χ2n) is 16.6. The number of urea groups is 1. The number of carbonyl (C=O) groups is 5. The molecule has 0 unspecified atom stereocenters. The van der Waals surface area contributed by atoms with Crippen molar-refractivity contribution in [3.63, 3.8) is 0 Å². The summed E-state index contributed by atoms with van der Waals surface area (Å²) in [5, 5.41) is 22.1. The summed E-state index contributed by atoms with van der Waals surface area (Å²) >= 11 is 6.54. The summed E-state index contributed by atoms with van der Waals surface area (Å²) in [6, 6.07) is 9.37. The number of halogens is 3. The number of quaternary nitrogens is 1. The van der Waals surface area contributed by atoms with Gasteiger partial charge in [0.05, 0.1) is 79.5 Å². The fourth-order valence-electron chi connectivity index (χ4n) is 8.01. The molecule has 2 saturated heterocycles. The van der Waals surface area contributed by atoms with Gasteiger partial charge in [-0.1, -0.05) is 17.7 Å². The van der Waals surface area contributed by atoms with E-state index < -0.39 is 41.4 Å². The number of likely N-dealkylation sites (tertiary alicyclic amines) is 1. The Hall–Kier alpha value is -6.73. The molecule has 64 heavy (non-hydrogen) atoms. The van der Waals surface area contributed by atoms with Crippen LogP contribution < -0.4 is 20.6 Å². The van der Waals surface area contributed by atoms with Gasteiger partial charge < -0.3 is 39.4 Å². The number of hydrogen-bond donors (Lipinski definition) is 2. The average molecular weight is 900 g/mol. The lowest BCUT2D eigenvalue weighted by molar-refractivity contribution is -0.895. The standard InChI is InChI=1S/C44H48ClF2N11O6/c1-26-6-7-29(23-49-26)51-43(62)48-14-15-56-25-34(27(2)52-56)31-10-11-33(38(47)37(31)46)36-24-50-39(53(36)3)42(61)57(44(63)64)30-8-9-32(35(45)22-30)41(60)55-18-16-54(17-19-55)40(59)28-12-20-58(4,5)21-13-28/h6-11,22-25,28H,12-21H2,1-5H3,(H2-,48,51,62,63,64). The van der Waals surface area contributed by atoms with Crippen molar-refractivity contribution in [3.8, 4) is 22.4 Å². The monoisotopic (exact) mass is 899 g/mol. The third-order valence-electron chi connectivity index (χ3n) is 11.8. The van der Waals surface area contributed by atoms with E-state index in [1.165, 1.54) is 48.4 Å². The quantitative estimate of drug-likeness (QED) is 0.191. The van der Waals surface area contributed by atoms with Crippen LogP contribution in [0.15, 0.2) is 61.1 Å². The largest absolute Gasteiger partial charge is 0.529 e. The van der Waals surface area contributed by atoms with Gasteiger partial charge in [-0.15, -0.1) is 0 Å². The van der Waals surface area contributed by atoms with E-state index in [0.717, 1.165) is 52.9 Å². The van der Waals surface area contributed by atoms with Gasteiger partial charge in [0.25, 0.3) is 11.8 Å². The van der Waals surface area contributed by atoms with Crippen LogP contribution in [0, 0.1) is 31.4 Å². The molecule has 0 bridgehead atoms. The van der Waals surface area contributed by atoms with E-state index in [0.29, 0.717) is 30.0 Å². The number of benzene rings is 2. The van der Waals surface area contributed by atoms with Gasteiger partial charge >= 0.3 is 6.03 Å². The van der Waals surface area contributed by atoms with Crippen molar-refractivity contribution in [1.82, 2.24) is 39.4 Å². The Kier molecular flexibility index (Phi) is 13.1. The molecule has 2 N–H and O–H groups in total. The number of carbonyl (C=O) groups excluding carboxylic acids is 5. The van der Waals surface area contributed by atoms with Gasteiger partial charge in [-0.05, 0) is 50.2 Å². The normalized spacial score (nSPS) is 15.2. The molecule has 5 heterocycles. The van der Waals surface area contributed by atoms with Gasteiger partial charge in [-0.2, -0.15) is 5.10 Å². The minimum Gasteiger partial charge on any atom is -0.529 e. The molecule has 2 aromatic carbocycles. The number of anilines is 2. The highest BCUT2D eigenvalue weighted by Crippen LogP contribution is 2.34. The summed E-state index contributed by atoms with van der Waals surface area (Å²) in [4.78, 5) is 77.1. The first-order valence-corrected chi connectivity index (χ1v) is 21.1. The highest BCUT2D eigenvalue weighted by molar-refractivity contribution is 6.34. The number of hydrogen-bond acceptors (Lipinski definition) is 9. The van der Waals surface area contributed by atoms with Gasteiger partial charge in [0.1, 0.15) is 6.09 Å². The average Bonchev–Trinajstić information content (AvgIpc) is 3.83. The van der Waals surface area contributed by atoms with Crippen molar-refractivity contribution in [2.75, 3.05) is 70.1 Å². The number of amides is 6. The molecule has 0 atom stereocenters. The Balaban J connectivity index is 0.998. The van der Waals surface area contributed by atoms with Crippen molar-refractivity contribution in [2.45, 2.75) is 33.2 Å². The molecule has 0 spiro atoms. The number of imide groups is 1. The van der Waals surface area contributed by atoms with Gasteiger partial charge in [0, 0.05) is 87.1 Å². The molecule has 2 aliphatic heterocycles. The Morgan fingerprint density at radius 2 is 1.56 bits per heavy atom. The molecular weight excluding hydrogens is 852 g/mol. The van der Waals surface area contributed by atoms with Gasteiger partial charge in [-0.3, -0.25) is 28.9 Å². The molecule has 20 heteroatoms. The highest BCUT2D eigenvalue weighted by atomic mass is 35.5. The molecule has 0 aliphatic carbocycles. The predicted molar refractivity (Wildman–Crippen MR) is 231 cm³/mol. The number of rotatable bonds is 10. The summed E-state index contributed by atoms with van der Waals surface area (Å²) in [7, 11) is 5.65. The lowest BCUT2D eigenvalue weighted by Gasteiger charge is -2.40. The van der Waals surface area contributed by atoms with Crippen LogP contribution in [0.25, 0.3) is 22.4 Å². The number of aryl methyl sites for hydroxylation is 2. The fraction of sp³-hybridized carbons (Fsp3) is 0.364. The van der Waals surface area contributed by atoms with Crippen molar-refractivity contribution >= 4 is 52.8 Å². The lowest BCUT2D eigenvalue weighted by atomic mass is 9.94.